The lowest BCUT2D eigenvalue weighted by Gasteiger charge is -2.26. The topological polar surface area (TPSA) is 8.17 Å². The summed E-state index contributed by atoms with van der Waals surface area (Å²) in [5.41, 5.74) is 16.7. The maximum Gasteiger partial charge on any atom is 0.0541 e. The second-order valence-corrected chi connectivity index (χ2v) is 13.6. The Balaban J connectivity index is 1.13. The minimum Gasteiger partial charge on any atom is -0.311 e. The van der Waals surface area contributed by atoms with Crippen LogP contribution in [0.15, 0.2) is 194 Å². The highest BCUT2D eigenvalue weighted by Crippen LogP contribution is 2.40. The number of hydrogen-bond donors (Lipinski definition) is 0. The molecule has 2 nitrogen and oxygen atoms in total. The summed E-state index contributed by atoms with van der Waals surface area (Å²) in [4.78, 5) is 2.34. The van der Waals surface area contributed by atoms with Gasteiger partial charge in [0.2, 0.25) is 0 Å². The molecule has 1 aromatic heterocycles. The van der Waals surface area contributed by atoms with Crippen LogP contribution in [-0.2, 0) is 0 Å². The summed E-state index contributed by atoms with van der Waals surface area (Å²) >= 11 is 0. The first kappa shape index (κ1) is 31.3. The molecule has 0 amide bonds. The molecule has 0 aliphatic carbocycles. The summed E-state index contributed by atoms with van der Waals surface area (Å²) in [6.07, 6.45) is 0. The van der Waals surface area contributed by atoms with Gasteiger partial charge in [-0.05, 0) is 108 Å². The average Bonchev–Trinajstić information content (AvgIpc) is 3.52. The van der Waals surface area contributed by atoms with E-state index < -0.39 is 0 Å². The molecular weight excluding hydrogens is 629 g/mol. The fourth-order valence-corrected chi connectivity index (χ4v) is 7.53. The van der Waals surface area contributed by atoms with Gasteiger partial charge in [-0.15, -0.1) is 0 Å². The molecule has 0 saturated heterocycles. The smallest absolute Gasteiger partial charge is 0.0541 e. The first-order chi connectivity index (χ1) is 25.6. The van der Waals surface area contributed by atoms with Crippen LogP contribution in [0.1, 0.15) is 11.1 Å². The van der Waals surface area contributed by atoms with Crippen molar-refractivity contribution in [3.05, 3.63) is 205 Å². The van der Waals surface area contributed by atoms with Gasteiger partial charge in [-0.1, -0.05) is 139 Å². The first-order valence-corrected chi connectivity index (χ1v) is 17.9. The Kier molecular flexibility index (Phi) is 7.98. The summed E-state index contributed by atoms with van der Waals surface area (Å²) in [5, 5.41) is 2.58. The fraction of sp³-hybridized carbons (Fsp3) is 0.0400. The molecule has 1 heterocycles. The number of anilines is 3. The number of aryl methyl sites for hydroxylation is 2. The lowest BCUT2D eigenvalue weighted by atomic mass is 10.0. The molecule has 9 aromatic rings. The van der Waals surface area contributed by atoms with Crippen LogP contribution in [0.25, 0.3) is 60.9 Å². The van der Waals surface area contributed by atoms with E-state index in [1.54, 1.807) is 0 Å². The van der Waals surface area contributed by atoms with E-state index in [9.17, 15) is 0 Å². The molecule has 0 saturated carbocycles. The fourth-order valence-electron chi connectivity index (χ4n) is 7.53. The van der Waals surface area contributed by atoms with Crippen molar-refractivity contribution in [2.45, 2.75) is 13.8 Å². The summed E-state index contributed by atoms with van der Waals surface area (Å²) in [5.74, 6) is 0. The van der Waals surface area contributed by atoms with Gasteiger partial charge in [0.1, 0.15) is 0 Å². The lowest BCUT2D eigenvalue weighted by molar-refractivity contribution is 1.18. The van der Waals surface area contributed by atoms with Crippen LogP contribution in [0.4, 0.5) is 17.1 Å². The Labute approximate surface area is 305 Å². The zero-order chi connectivity index (χ0) is 35.0. The minimum absolute atomic E-state index is 1.10. The van der Waals surface area contributed by atoms with E-state index >= 15 is 0 Å². The summed E-state index contributed by atoms with van der Waals surface area (Å²) in [6, 6.07) is 70.3. The monoisotopic (exact) mass is 666 g/mol. The molecular formula is C50H38N2. The summed E-state index contributed by atoms with van der Waals surface area (Å²) in [6.45, 7) is 4.35. The Hall–Kier alpha value is -6.64. The number of fused-ring (bicyclic) bond motifs is 3. The van der Waals surface area contributed by atoms with E-state index in [0.29, 0.717) is 0 Å². The van der Waals surface area contributed by atoms with Gasteiger partial charge in [-0.3, -0.25) is 0 Å². The number of nitrogens with zero attached hydrogens (tertiary/aromatic N) is 2. The zero-order valence-corrected chi connectivity index (χ0v) is 29.4. The molecule has 8 aromatic carbocycles. The maximum absolute atomic E-state index is 2.43. The summed E-state index contributed by atoms with van der Waals surface area (Å²) < 4.78 is 2.43. The molecule has 0 N–H and O–H groups in total. The van der Waals surface area contributed by atoms with Crippen molar-refractivity contribution in [2.24, 2.45) is 0 Å². The van der Waals surface area contributed by atoms with Crippen molar-refractivity contribution >= 4 is 38.9 Å². The largest absolute Gasteiger partial charge is 0.311 e. The van der Waals surface area contributed by atoms with Gasteiger partial charge in [0.15, 0.2) is 0 Å². The van der Waals surface area contributed by atoms with Crippen LogP contribution >= 0.6 is 0 Å². The molecule has 0 atom stereocenters. The second kappa shape index (κ2) is 13.2. The zero-order valence-electron chi connectivity index (χ0n) is 29.4. The van der Waals surface area contributed by atoms with Gasteiger partial charge < -0.3 is 9.47 Å². The quantitative estimate of drug-likeness (QED) is 0.164. The highest BCUT2D eigenvalue weighted by atomic mass is 15.1. The Morgan fingerprint density at radius 3 is 1.19 bits per heavy atom. The van der Waals surface area contributed by atoms with Crippen LogP contribution in [-0.4, -0.2) is 4.57 Å². The Morgan fingerprint density at radius 1 is 0.346 bits per heavy atom. The van der Waals surface area contributed by atoms with E-state index in [-0.39, 0.29) is 0 Å². The summed E-state index contributed by atoms with van der Waals surface area (Å²) in [7, 11) is 0. The van der Waals surface area contributed by atoms with Crippen LogP contribution in [0.2, 0.25) is 0 Å². The predicted molar refractivity (Wildman–Crippen MR) is 221 cm³/mol. The van der Waals surface area contributed by atoms with Gasteiger partial charge in [-0.2, -0.15) is 0 Å². The third kappa shape index (κ3) is 5.75. The molecule has 0 unspecified atom stereocenters. The van der Waals surface area contributed by atoms with Crippen molar-refractivity contribution in [3.8, 4) is 39.1 Å². The van der Waals surface area contributed by atoms with E-state index in [1.807, 2.05) is 0 Å². The highest BCUT2D eigenvalue weighted by molar-refractivity contribution is 6.10. The predicted octanol–water partition coefficient (Wildman–Crippen LogP) is 13.9. The Bertz CT molecular complexity index is 2510. The molecule has 0 aliphatic heterocycles. The average molecular weight is 667 g/mol. The molecule has 0 spiro atoms. The number of benzene rings is 8. The van der Waals surface area contributed by atoms with Crippen LogP contribution in [0, 0.1) is 13.8 Å². The molecule has 248 valence electrons. The van der Waals surface area contributed by atoms with Crippen molar-refractivity contribution < 1.29 is 0 Å². The molecule has 52 heavy (non-hydrogen) atoms. The van der Waals surface area contributed by atoms with Gasteiger partial charge in [0, 0.05) is 33.4 Å². The molecule has 2 heteroatoms. The molecule has 0 fully saturated rings. The third-order valence-electron chi connectivity index (χ3n) is 10.1. The normalized spacial score (nSPS) is 11.3. The Morgan fingerprint density at radius 2 is 0.731 bits per heavy atom. The standard InChI is InChI=1S/C50H38N2/c1-35-17-31-49-46(33-35)47-34-36(2)18-32-50(47)52(49)48-16-10-9-15-45(48)41-23-29-44(30-24-41)51(42-25-19-39(20-26-42)37-11-5-3-6-12-37)43-27-21-40(22-28-43)38-13-7-4-8-14-38/h3-34H,1-2H3. The van der Waals surface area contributed by atoms with Crippen molar-refractivity contribution in [3.63, 3.8) is 0 Å². The van der Waals surface area contributed by atoms with E-state index in [1.165, 1.54) is 72.0 Å². The number of para-hydroxylation sites is 1. The third-order valence-corrected chi connectivity index (χ3v) is 10.1. The van der Waals surface area contributed by atoms with Gasteiger partial charge in [0.25, 0.3) is 0 Å². The minimum atomic E-state index is 1.10. The number of rotatable bonds is 7. The van der Waals surface area contributed by atoms with Gasteiger partial charge in [0.05, 0.1) is 16.7 Å². The second-order valence-electron chi connectivity index (χ2n) is 13.6. The molecule has 0 radical (unpaired) electrons. The van der Waals surface area contributed by atoms with Crippen LogP contribution in [0.3, 0.4) is 0 Å². The van der Waals surface area contributed by atoms with Crippen molar-refractivity contribution in [1.82, 2.24) is 4.57 Å². The molecule has 0 aliphatic rings. The van der Waals surface area contributed by atoms with Crippen molar-refractivity contribution in [1.29, 1.82) is 0 Å². The lowest BCUT2D eigenvalue weighted by Crippen LogP contribution is -2.09. The maximum atomic E-state index is 2.43. The molecule has 9 rings (SSSR count). The SMILES string of the molecule is Cc1ccc2c(c1)c1cc(C)ccc1n2-c1ccccc1-c1ccc(N(c2ccc(-c3ccccc3)cc2)c2ccc(-c3ccccc3)cc2)cc1. The van der Waals surface area contributed by atoms with Crippen LogP contribution in [0.5, 0.6) is 0 Å². The number of hydrogen-bond acceptors (Lipinski definition) is 1. The van der Waals surface area contributed by atoms with E-state index in [4.69, 9.17) is 0 Å². The number of aromatic nitrogens is 1. The van der Waals surface area contributed by atoms with Gasteiger partial charge in [-0.25, -0.2) is 0 Å². The first-order valence-electron chi connectivity index (χ1n) is 17.9. The van der Waals surface area contributed by atoms with E-state index in [2.05, 4.69) is 217 Å². The van der Waals surface area contributed by atoms with Gasteiger partial charge >= 0.3 is 0 Å². The van der Waals surface area contributed by atoms with Crippen molar-refractivity contribution in [2.75, 3.05) is 4.90 Å². The van der Waals surface area contributed by atoms with Crippen LogP contribution < -0.4 is 4.90 Å². The highest BCUT2D eigenvalue weighted by Gasteiger charge is 2.18. The van der Waals surface area contributed by atoms with E-state index in [0.717, 1.165) is 17.1 Å². The molecule has 0 bridgehead atoms.